The number of rotatable bonds is 7. The summed E-state index contributed by atoms with van der Waals surface area (Å²) in [5, 5.41) is 9.80. The number of thiophene rings is 1. The average Bonchev–Trinajstić information content (AvgIpc) is 3.40. The highest BCUT2D eigenvalue weighted by atomic mass is 35.5. The van der Waals surface area contributed by atoms with Crippen molar-refractivity contribution in [3.8, 4) is 5.75 Å². The number of anilines is 1. The van der Waals surface area contributed by atoms with Gasteiger partial charge in [-0.25, -0.2) is 14.1 Å². The van der Waals surface area contributed by atoms with Crippen LogP contribution in [0.5, 0.6) is 5.75 Å². The number of amides is 1. The van der Waals surface area contributed by atoms with Gasteiger partial charge < -0.3 is 4.74 Å². The fourth-order valence-electron chi connectivity index (χ4n) is 2.70. The highest BCUT2D eigenvalue weighted by molar-refractivity contribution is 7.12. The monoisotopic (exact) mass is 476 g/mol. The molecule has 0 bridgehead atoms. The molecule has 0 aliphatic carbocycles. The van der Waals surface area contributed by atoms with Gasteiger partial charge in [-0.1, -0.05) is 29.3 Å². The van der Waals surface area contributed by atoms with Crippen LogP contribution in [0.15, 0.2) is 60.2 Å². The molecule has 0 spiro atoms. The highest BCUT2D eigenvalue weighted by Gasteiger charge is 2.13. The minimum Gasteiger partial charge on any atom is -0.489 e. The number of halogens is 3. The van der Waals surface area contributed by atoms with E-state index in [1.165, 1.54) is 29.8 Å². The fourth-order valence-corrected chi connectivity index (χ4v) is 4.01. The lowest BCUT2D eigenvalue weighted by atomic mass is 10.2. The first-order valence-corrected chi connectivity index (χ1v) is 10.7. The molecule has 4 rings (SSSR count). The molecule has 1 N–H and O–H groups in total. The van der Waals surface area contributed by atoms with E-state index in [-0.39, 0.29) is 24.3 Å². The summed E-state index contributed by atoms with van der Waals surface area (Å²) in [5.74, 6) is 0.0667. The normalized spacial score (nSPS) is 10.8. The van der Waals surface area contributed by atoms with Crippen LogP contribution in [-0.4, -0.2) is 20.7 Å². The summed E-state index contributed by atoms with van der Waals surface area (Å²) in [5.41, 5.74) is 1.55. The van der Waals surface area contributed by atoms with E-state index in [4.69, 9.17) is 27.9 Å². The zero-order valence-corrected chi connectivity index (χ0v) is 18.2. The summed E-state index contributed by atoms with van der Waals surface area (Å²) in [6.07, 6.45) is 1.49. The van der Waals surface area contributed by atoms with Crippen molar-refractivity contribution in [2.75, 3.05) is 5.32 Å². The molecule has 0 aliphatic rings. The summed E-state index contributed by atoms with van der Waals surface area (Å²) in [6, 6.07) is 12.7. The molecule has 0 saturated carbocycles. The Balaban J connectivity index is 1.35. The van der Waals surface area contributed by atoms with Gasteiger partial charge in [-0.3, -0.25) is 10.1 Å². The molecule has 2 heterocycles. The molecular weight excluding hydrogens is 462 g/mol. The van der Waals surface area contributed by atoms with E-state index in [0.29, 0.717) is 27.2 Å². The van der Waals surface area contributed by atoms with Gasteiger partial charge in [0.05, 0.1) is 11.4 Å². The summed E-state index contributed by atoms with van der Waals surface area (Å²) >= 11 is 13.6. The van der Waals surface area contributed by atoms with Crippen LogP contribution in [0.2, 0.25) is 10.0 Å². The second-order valence-electron chi connectivity index (χ2n) is 6.48. The van der Waals surface area contributed by atoms with Crippen LogP contribution in [0.1, 0.15) is 20.8 Å². The Kier molecular flexibility index (Phi) is 6.50. The first kappa shape index (κ1) is 21.3. The van der Waals surface area contributed by atoms with Crippen LogP contribution < -0.4 is 10.1 Å². The number of carbonyl (C=O) groups excluding carboxylic acids is 1. The number of benzene rings is 2. The molecular formula is C21H15Cl2FN4O2S. The van der Waals surface area contributed by atoms with E-state index < -0.39 is 0 Å². The predicted octanol–water partition coefficient (Wildman–Crippen LogP) is 5.67. The third-order valence-electron chi connectivity index (χ3n) is 4.24. The Morgan fingerprint density at radius 3 is 2.65 bits per heavy atom. The fraction of sp³-hybridized carbons (Fsp3) is 0.0952. The van der Waals surface area contributed by atoms with Crippen molar-refractivity contribution < 1.29 is 13.9 Å². The summed E-state index contributed by atoms with van der Waals surface area (Å²) in [4.78, 5) is 17.1. The van der Waals surface area contributed by atoms with Gasteiger partial charge in [0, 0.05) is 21.2 Å². The van der Waals surface area contributed by atoms with Crippen molar-refractivity contribution in [2.45, 2.75) is 13.2 Å². The molecule has 31 heavy (non-hydrogen) atoms. The van der Waals surface area contributed by atoms with Gasteiger partial charge in [0.25, 0.3) is 5.91 Å². The molecule has 0 atom stereocenters. The smallest absolute Gasteiger partial charge is 0.268 e. The van der Waals surface area contributed by atoms with Crippen LogP contribution in [0.4, 0.5) is 10.3 Å². The Morgan fingerprint density at radius 1 is 1.16 bits per heavy atom. The molecule has 0 fully saturated rings. The zero-order chi connectivity index (χ0) is 21.8. The van der Waals surface area contributed by atoms with Gasteiger partial charge >= 0.3 is 0 Å². The lowest BCUT2D eigenvalue weighted by molar-refractivity contribution is 0.102. The molecule has 10 heteroatoms. The van der Waals surface area contributed by atoms with Crippen LogP contribution in [-0.2, 0) is 13.2 Å². The topological polar surface area (TPSA) is 69.0 Å². The van der Waals surface area contributed by atoms with Crippen LogP contribution >= 0.6 is 34.5 Å². The van der Waals surface area contributed by atoms with Crippen molar-refractivity contribution >= 4 is 46.4 Å². The maximum atomic E-state index is 12.9. The standard InChI is InChI=1S/C21H15Cl2FN4O2S/c22-17-2-1-3-18(23)16(17)9-28-12-25-21(27-28)26-20(29)19-8-13(11-31-19)10-30-15-6-4-14(24)5-7-15/h1-8,11-12H,9-10H2,(H,26,27,29). The van der Waals surface area contributed by atoms with Crippen molar-refractivity contribution in [2.24, 2.45) is 0 Å². The molecule has 0 saturated heterocycles. The molecule has 4 aromatic rings. The number of hydrogen-bond donors (Lipinski definition) is 1. The third-order valence-corrected chi connectivity index (χ3v) is 5.93. The molecule has 0 aliphatic heterocycles. The van der Waals surface area contributed by atoms with Crippen LogP contribution in [0.3, 0.4) is 0 Å². The van der Waals surface area contributed by atoms with Gasteiger partial charge in [0.15, 0.2) is 0 Å². The Labute approximate surface area is 191 Å². The molecule has 0 radical (unpaired) electrons. The minimum absolute atomic E-state index is 0.172. The Bertz CT molecular complexity index is 1190. The largest absolute Gasteiger partial charge is 0.489 e. The van der Waals surface area contributed by atoms with Gasteiger partial charge in [0.1, 0.15) is 24.5 Å². The number of carbonyl (C=O) groups is 1. The van der Waals surface area contributed by atoms with E-state index in [1.807, 2.05) is 5.38 Å². The van der Waals surface area contributed by atoms with E-state index in [9.17, 15) is 9.18 Å². The Morgan fingerprint density at radius 2 is 1.90 bits per heavy atom. The number of aromatic nitrogens is 3. The second kappa shape index (κ2) is 9.47. The quantitative estimate of drug-likeness (QED) is 0.373. The van der Waals surface area contributed by atoms with Crippen molar-refractivity contribution in [3.63, 3.8) is 0 Å². The van der Waals surface area contributed by atoms with E-state index >= 15 is 0 Å². The molecule has 6 nitrogen and oxygen atoms in total. The average molecular weight is 477 g/mol. The van der Waals surface area contributed by atoms with Gasteiger partial charge in [-0.05, 0) is 47.8 Å². The molecule has 2 aromatic carbocycles. The Hall–Kier alpha value is -2.94. The van der Waals surface area contributed by atoms with Gasteiger partial charge in [-0.15, -0.1) is 16.4 Å². The zero-order valence-electron chi connectivity index (χ0n) is 15.9. The van der Waals surface area contributed by atoms with Crippen molar-refractivity contribution in [3.05, 3.63) is 92.1 Å². The third kappa shape index (κ3) is 5.41. The molecule has 2 aromatic heterocycles. The molecule has 158 valence electrons. The SMILES string of the molecule is O=C(Nc1ncn(Cc2c(Cl)cccc2Cl)n1)c1cc(COc2ccc(F)cc2)cs1. The van der Waals surface area contributed by atoms with E-state index in [2.05, 4.69) is 15.4 Å². The number of nitrogens with zero attached hydrogens (tertiary/aromatic N) is 3. The van der Waals surface area contributed by atoms with Crippen LogP contribution in [0, 0.1) is 5.82 Å². The lowest BCUT2D eigenvalue weighted by Gasteiger charge is -2.06. The van der Waals surface area contributed by atoms with E-state index in [1.54, 1.807) is 41.1 Å². The van der Waals surface area contributed by atoms with Gasteiger partial charge in [0.2, 0.25) is 5.95 Å². The summed E-state index contributed by atoms with van der Waals surface area (Å²) in [7, 11) is 0. The van der Waals surface area contributed by atoms with Gasteiger partial charge in [-0.2, -0.15) is 0 Å². The minimum atomic E-state index is -0.327. The first-order chi connectivity index (χ1) is 15.0. The number of ether oxygens (including phenoxy) is 1. The second-order valence-corrected chi connectivity index (χ2v) is 8.21. The first-order valence-electron chi connectivity index (χ1n) is 9.07. The van der Waals surface area contributed by atoms with E-state index in [0.717, 1.165) is 11.1 Å². The van der Waals surface area contributed by atoms with Crippen LogP contribution in [0.25, 0.3) is 0 Å². The maximum Gasteiger partial charge on any atom is 0.268 e. The molecule has 0 unspecified atom stereocenters. The molecule has 1 amide bonds. The number of hydrogen-bond acceptors (Lipinski definition) is 5. The maximum absolute atomic E-state index is 12.9. The lowest BCUT2D eigenvalue weighted by Crippen LogP contribution is -2.12. The summed E-state index contributed by atoms with van der Waals surface area (Å²) < 4.78 is 20.1. The predicted molar refractivity (Wildman–Crippen MR) is 119 cm³/mol. The van der Waals surface area contributed by atoms with Crippen molar-refractivity contribution in [1.29, 1.82) is 0 Å². The summed E-state index contributed by atoms with van der Waals surface area (Å²) in [6.45, 7) is 0.589. The highest BCUT2D eigenvalue weighted by Crippen LogP contribution is 2.25. The number of nitrogens with one attached hydrogen (secondary N) is 1. The van der Waals surface area contributed by atoms with Crippen molar-refractivity contribution in [1.82, 2.24) is 14.8 Å².